The molecule has 0 radical (unpaired) electrons. The van der Waals surface area contributed by atoms with Crippen LogP contribution in [0.4, 0.5) is 4.39 Å². The SMILES string of the molecule is CC(C(=O)NCCc1csc(-c2ccccc2)n1)n1nc(-c2ccc(F)cc2)ccc1=O. The second-order valence-electron chi connectivity index (χ2n) is 7.24. The zero-order valence-electron chi connectivity index (χ0n) is 17.4. The third-order valence-electron chi connectivity index (χ3n) is 4.96. The molecule has 1 atom stereocenters. The monoisotopic (exact) mass is 448 g/mol. The Hall–Kier alpha value is -3.65. The minimum absolute atomic E-state index is 0.311. The fraction of sp³-hybridized carbons (Fsp3) is 0.167. The van der Waals surface area contributed by atoms with Gasteiger partial charge in [-0.2, -0.15) is 5.10 Å². The topological polar surface area (TPSA) is 76.9 Å². The van der Waals surface area contributed by atoms with Crippen LogP contribution in [0.2, 0.25) is 0 Å². The van der Waals surface area contributed by atoms with E-state index in [0.29, 0.717) is 24.2 Å². The molecule has 0 bridgehead atoms. The first-order chi connectivity index (χ1) is 15.5. The molecular formula is C24H21FN4O2S. The van der Waals surface area contributed by atoms with Gasteiger partial charge < -0.3 is 5.32 Å². The van der Waals surface area contributed by atoms with Gasteiger partial charge in [0.25, 0.3) is 5.56 Å². The lowest BCUT2D eigenvalue weighted by Crippen LogP contribution is -2.37. The van der Waals surface area contributed by atoms with Gasteiger partial charge in [-0.3, -0.25) is 9.59 Å². The first-order valence-corrected chi connectivity index (χ1v) is 11.0. The maximum absolute atomic E-state index is 13.2. The summed E-state index contributed by atoms with van der Waals surface area (Å²) in [4.78, 5) is 29.5. The number of nitrogens with one attached hydrogen (secondary N) is 1. The summed E-state index contributed by atoms with van der Waals surface area (Å²) in [5.41, 5.74) is 2.72. The number of carbonyl (C=O) groups excluding carboxylic acids is 1. The molecule has 0 aliphatic heterocycles. The first-order valence-electron chi connectivity index (χ1n) is 10.1. The van der Waals surface area contributed by atoms with Crippen LogP contribution in [0.15, 0.2) is 76.9 Å². The summed E-state index contributed by atoms with van der Waals surface area (Å²) in [6.07, 6.45) is 0.583. The van der Waals surface area contributed by atoms with Gasteiger partial charge in [0.1, 0.15) is 16.9 Å². The van der Waals surface area contributed by atoms with Crippen molar-refractivity contribution in [1.82, 2.24) is 20.1 Å². The third-order valence-corrected chi connectivity index (χ3v) is 5.90. The van der Waals surface area contributed by atoms with Crippen LogP contribution in [0.1, 0.15) is 18.7 Å². The van der Waals surface area contributed by atoms with Gasteiger partial charge in [-0.1, -0.05) is 30.3 Å². The molecule has 0 aliphatic carbocycles. The van der Waals surface area contributed by atoms with Crippen LogP contribution >= 0.6 is 11.3 Å². The van der Waals surface area contributed by atoms with Crippen molar-refractivity contribution in [3.05, 3.63) is 94.0 Å². The van der Waals surface area contributed by atoms with E-state index < -0.39 is 6.04 Å². The van der Waals surface area contributed by atoms with E-state index >= 15 is 0 Å². The Balaban J connectivity index is 1.39. The number of aromatic nitrogens is 3. The van der Waals surface area contributed by atoms with Crippen LogP contribution in [0.5, 0.6) is 0 Å². The molecule has 8 heteroatoms. The summed E-state index contributed by atoms with van der Waals surface area (Å²) in [7, 11) is 0. The van der Waals surface area contributed by atoms with Crippen LogP contribution in [-0.2, 0) is 11.2 Å². The van der Waals surface area contributed by atoms with E-state index in [1.807, 2.05) is 35.7 Å². The number of halogens is 1. The molecule has 0 fully saturated rings. The number of amides is 1. The van der Waals surface area contributed by atoms with Gasteiger partial charge in [-0.05, 0) is 37.3 Å². The molecule has 32 heavy (non-hydrogen) atoms. The first kappa shape index (κ1) is 21.6. The van der Waals surface area contributed by atoms with Crippen molar-refractivity contribution in [2.75, 3.05) is 6.54 Å². The number of nitrogens with zero attached hydrogens (tertiary/aromatic N) is 3. The van der Waals surface area contributed by atoms with E-state index in [1.54, 1.807) is 36.5 Å². The van der Waals surface area contributed by atoms with E-state index in [1.165, 1.54) is 18.2 Å². The highest BCUT2D eigenvalue weighted by molar-refractivity contribution is 7.13. The standard InChI is InChI=1S/C24H21FN4O2S/c1-16(29-22(30)12-11-21(28-29)17-7-9-19(25)10-8-17)23(31)26-14-13-20-15-32-24(27-20)18-5-3-2-4-6-18/h2-12,15-16H,13-14H2,1H3,(H,26,31). The van der Waals surface area contributed by atoms with E-state index in [4.69, 9.17) is 0 Å². The molecule has 4 aromatic rings. The van der Waals surface area contributed by atoms with Gasteiger partial charge >= 0.3 is 0 Å². The van der Waals surface area contributed by atoms with Crippen molar-refractivity contribution in [2.24, 2.45) is 0 Å². The predicted molar refractivity (Wildman–Crippen MR) is 123 cm³/mol. The second kappa shape index (κ2) is 9.65. The molecule has 162 valence electrons. The van der Waals surface area contributed by atoms with Crippen LogP contribution in [-0.4, -0.2) is 27.2 Å². The molecule has 1 unspecified atom stereocenters. The lowest BCUT2D eigenvalue weighted by molar-refractivity contribution is -0.124. The fourth-order valence-electron chi connectivity index (χ4n) is 3.19. The minimum atomic E-state index is -0.793. The maximum atomic E-state index is 13.2. The predicted octanol–water partition coefficient (Wildman–Crippen LogP) is 4.09. The van der Waals surface area contributed by atoms with E-state index in [-0.39, 0.29) is 17.3 Å². The number of rotatable bonds is 7. The Morgan fingerprint density at radius 2 is 1.81 bits per heavy atom. The fourth-order valence-corrected chi connectivity index (χ4v) is 4.05. The summed E-state index contributed by atoms with van der Waals surface area (Å²) < 4.78 is 14.3. The van der Waals surface area contributed by atoms with Crippen molar-refractivity contribution >= 4 is 17.2 Å². The van der Waals surface area contributed by atoms with Gasteiger partial charge in [-0.15, -0.1) is 11.3 Å². The summed E-state index contributed by atoms with van der Waals surface area (Å²) in [5.74, 6) is -0.666. The lowest BCUT2D eigenvalue weighted by atomic mass is 10.1. The van der Waals surface area contributed by atoms with Gasteiger partial charge in [0.2, 0.25) is 5.91 Å². The zero-order chi connectivity index (χ0) is 22.5. The molecule has 0 aliphatic rings. The zero-order valence-corrected chi connectivity index (χ0v) is 18.2. The Morgan fingerprint density at radius 3 is 2.56 bits per heavy atom. The summed E-state index contributed by atoms with van der Waals surface area (Å²) in [6, 6.07) is 17.9. The number of benzene rings is 2. The molecular weight excluding hydrogens is 427 g/mol. The van der Waals surface area contributed by atoms with Crippen LogP contribution in [0.3, 0.4) is 0 Å². The molecule has 2 aromatic heterocycles. The Morgan fingerprint density at radius 1 is 1.06 bits per heavy atom. The van der Waals surface area contributed by atoms with Gasteiger partial charge in [0, 0.05) is 35.5 Å². The van der Waals surface area contributed by atoms with Crippen molar-refractivity contribution in [2.45, 2.75) is 19.4 Å². The Kier molecular flexibility index (Phi) is 6.51. The van der Waals surface area contributed by atoms with Gasteiger partial charge in [0.05, 0.1) is 11.4 Å². The van der Waals surface area contributed by atoms with Crippen molar-refractivity contribution in [1.29, 1.82) is 0 Å². The molecule has 4 rings (SSSR count). The molecule has 1 N–H and O–H groups in total. The molecule has 0 spiro atoms. The highest BCUT2D eigenvalue weighted by Gasteiger charge is 2.18. The van der Waals surface area contributed by atoms with E-state index in [2.05, 4.69) is 15.4 Å². The average Bonchev–Trinajstić information content (AvgIpc) is 3.29. The number of hydrogen-bond acceptors (Lipinski definition) is 5. The molecule has 0 saturated carbocycles. The summed E-state index contributed by atoms with van der Waals surface area (Å²) >= 11 is 1.56. The summed E-state index contributed by atoms with van der Waals surface area (Å²) in [6.45, 7) is 2.02. The number of carbonyl (C=O) groups is 1. The smallest absolute Gasteiger partial charge is 0.267 e. The summed E-state index contributed by atoms with van der Waals surface area (Å²) in [5, 5.41) is 10.1. The van der Waals surface area contributed by atoms with Crippen LogP contribution in [0.25, 0.3) is 21.8 Å². The highest BCUT2D eigenvalue weighted by Crippen LogP contribution is 2.23. The number of thiazole rings is 1. The van der Waals surface area contributed by atoms with Crippen molar-refractivity contribution < 1.29 is 9.18 Å². The van der Waals surface area contributed by atoms with E-state index in [0.717, 1.165) is 20.9 Å². The average molecular weight is 449 g/mol. The maximum Gasteiger partial charge on any atom is 0.267 e. The largest absolute Gasteiger partial charge is 0.354 e. The molecule has 0 saturated heterocycles. The van der Waals surface area contributed by atoms with Crippen molar-refractivity contribution in [3.63, 3.8) is 0 Å². The molecule has 1 amide bonds. The Bertz CT molecular complexity index is 1270. The number of hydrogen-bond donors (Lipinski definition) is 1. The van der Waals surface area contributed by atoms with Crippen LogP contribution in [0, 0.1) is 5.82 Å². The minimum Gasteiger partial charge on any atom is -0.354 e. The molecule has 2 aromatic carbocycles. The van der Waals surface area contributed by atoms with Crippen molar-refractivity contribution in [3.8, 4) is 21.8 Å². The second-order valence-corrected chi connectivity index (χ2v) is 8.09. The Labute approximate surface area is 188 Å². The van der Waals surface area contributed by atoms with Crippen LogP contribution < -0.4 is 10.9 Å². The molecule has 6 nitrogen and oxygen atoms in total. The third kappa shape index (κ3) is 4.97. The van der Waals surface area contributed by atoms with Gasteiger partial charge in [0.15, 0.2) is 0 Å². The van der Waals surface area contributed by atoms with Gasteiger partial charge in [-0.25, -0.2) is 14.1 Å². The highest BCUT2D eigenvalue weighted by atomic mass is 32.1. The molecule has 2 heterocycles. The van der Waals surface area contributed by atoms with E-state index in [9.17, 15) is 14.0 Å². The lowest BCUT2D eigenvalue weighted by Gasteiger charge is -2.15. The normalized spacial score (nSPS) is 11.8. The quantitative estimate of drug-likeness (QED) is 0.462.